The van der Waals surface area contributed by atoms with E-state index in [9.17, 15) is 19.2 Å². The van der Waals surface area contributed by atoms with Crippen LogP contribution in [0.15, 0.2) is 36.4 Å². The summed E-state index contributed by atoms with van der Waals surface area (Å²) in [6.45, 7) is 8.24. The highest BCUT2D eigenvalue weighted by atomic mass is 32.2. The molecule has 1 N–H and O–H groups in total. The molecule has 13 heteroatoms. The maximum atomic E-state index is 13.8. The van der Waals surface area contributed by atoms with Crippen LogP contribution < -0.4 is 5.32 Å². The van der Waals surface area contributed by atoms with Crippen molar-refractivity contribution in [1.29, 1.82) is 0 Å². The van der Waals surface area contributed by atoms with Crippen LogP contribution in [0.1, 0.15) is 82.4 Å². The molecule has 0 spiro atoms. The lowest BCUT2D eigenvalue weighted by atomic mass is 10.1. The Kier molecular flexibility index (Phi) is 12.8. The van der Waals surface area contributed by atoms with Crippen LogP contribution in [0.3, 0.4) is 0 Å². The Labute approximate surface area is 274 Å². The van der Waals surface area contributed by atoms with Gasteiger partial charge in [0.15, 0.2) is 5.82 Å². The molecule has 1 aromatic carbocycles. The summed E-state index contributed by atoms with van der Waals surface area (Å²) in [5, 5.41) is 4.87. The van der Waals surface area contributed by atoms with Crippen molar-refractivity contribution >= 4 is 35.7 Å². The number of rotatable bonds is 12. The van der Waals surface area contributed by atoms with Crippen molar-refractivity contribution in [1.82, 2.24) is 25.2 Å². The fraction of sp³-hybridized carbons (Fsp3) is 0.576. The van der Waals surface area contributed by atoms with Gasteiger partial charge in [-0.2, -0.15) is 11.8 Å². The zero-order valence-electron chi connectivity index (χ0n) is 27.2. The fourth-order valence-electron chi connectivity index (χ4n) is 5.28. The largest absolute Gasteiger partial charge is 0.527 e. The Morgan fingerprint density at radius 2 is 1.72 bits per heavy atom. The maximum Gasteiger partial charge on any atom is 0.527 e. The standard InChI is InChI=1S/C33H45N5O7S/c1-5-43-32(42)45-38-19-17-37(18-20-38)31(41)26(15-16-28(39)44-33(2,3)4)36-30(40)27-21-24(22-46-25-13-9-10-14-25)34-29(35-27)23-11-7-6-8-12-23/h6-8,11-12,21,25-26H,5,9-10,13-20,22H2,1-4H3,(H,36,40)/t26-/m0/s1. The zero-order chi connectivity index (χ0) is 33.1. The Hall–Kier alpha value is -3.71. The molecule has 1 aromatic heterocycles. The lowest BCUT2D eigenvalue weighted by Gasteiger charge is -2.35. The van der Waals surface area contributed by atoms with Gasteiger partial charge < -0.3 is 24.5 Å². The maximum absolute atomic E-state index is 13.8. The number of amides is 2. The molecule has 0 radical (unpaired) electrons. The molecule has 0 unspecified atom stereocenters. The normalized spacial score (nSPS) is 16.5. The van der Waals surface area contributed by atoms with E-state index in [1.165, 1.54) is 30.7 Å². The minimum Gasteiger partial charge on any atom is -0.460 e. The number of hydroxylamine groups is 2. The van der Waals surface area contributed by atoms with E-state index in [4.69, 9.17) is 19.3 Å². The number of thioether (sulfide) groups is 1. The number of hydrogen-bond donors (Lipinski definition) is 1. The van der Waals surface area contributed by atoms with Crippen LogP contribution in [0.25, 0.3) is 11.4 Å². The predicted octanol–water partition coefficient (Wildman–Crippen LogP) is 4.77. The summed E-state index contributed by atoms with van der Waals surface area (Å²) in [7, 11) is 0. The number of esters is 1. The first-order chi connectivity index (χ1) is 22.0. The molecule has 12 nitrogen and oxygen atoms in total. The Morgan fingerprint density at radius 1 is 1.02 bits per heavy atom. The second kappa shape index (κ2) is 16.7. The quantitative estimate of drug-likeness (QED) is 0.316. The van der Waals surface area contributed by atoms with Gasteiger partial charge in [-0.05, 0) is 53.0 Å². The number of piperazine rings is 1. The van der Waals surface area contributed by atoms with E-state index in [1.54, 1.807) is 38.7 Å². The number of carbonyl (C=O) groups excluding carboxylic acids is 4. The van der Waals surface area contributed by atoms with Gasteiger partial charge in [0, 0.05) is 36.1 Å². The minimum absolute atomic E-state index is 0.0417. The first-order valence-electron chi connectivity index (χ1n) is 16.0. The van der Waals surface area contributed by atoms with Crippen molar-refractivity contribution in [2.45, 2.75) is 88.9 Å². The molecule has 46 heavy (non-hydrogen) atoms. The summed E-state index contributed by atoms with van der Waals surface area (Å²) >= 11 is 1.84. The molecule has 1 aliphatic carbocycles. The smallest absolute Gasteiger partial charge is 0.460 e. The molecule has 0 bridgehead atoms. The van der Waals surface area contributed by atoms with Gasteiger partial charge in [-0.3, -0.25) is 14.4 Å². The van der Waals surface area contributed by atoms with E-state index in [1.807, 2.05) is 42.1 Å². The Balaban J connectivity index is 1.51. The second-order valence-corrected chi connectivity index (χ2v) is 13.6. The van der Waals surface area contributed by atoms with Crippen LogP contribution in [0, 0.1) is 0 Å². The monoisotopic (exact) mass is 655 g/mol. The molecule has 2 aromatic rings. The van der Waals surface area contributed by atoms with Crippen LogP contribution >= 0.6 is 11.8 Å². The fourth-order valence-corrected chi connectivity index (χ4v) is 6.50. The lowest BCUT2D eigenvalue weighted by molar-refractivity contribution is -0.158. The number of carbonyl (C=O) groups is 4. The zero-order valence-corrected chi connectivity index (χ0v) is 28.0. The molecule has 1 saturated heterocycles. The number of ether oxygens (including phenoxy) is 2. The summed E-state index contributed by atoms with van der Waals surface area (Å²) < 4.78 is 10.3. The molecule has 1 aliphatic heterocycles. The molecule has 1 saturated carbocycles. The third kappa shape index (κ3) is 11.0. The molecular weight excluding hydrogens is 610 g/mol. The van der Waals surface area contributed by atoms with E-state index in [2.05, 4.69) is 10.3 Å². The van der Waals surface area contributed by atoms with Gasteiger partial charge in [-0.25, -0.2) is 14.8 Å². The van der Waals surface area contributed by atoms with Gasteiger partial charge in [0.2, 0.25) is 5.91 Å². The molecule has 2 amide bonds. The first kappa shape index (κ1) is 35.1. The van der Waals surface area contributed by atoms with Crippen molar-refractivity contribution in [3.05, 3.63) is 47.8 Å². The van der Waals surface area contributed by atoms with E-state index in [0.29, 0.717) is 16.8 Å². The van der Waals surface area contributed by atoms with E-state index in [-0.39, 0.29) is 57.2 Å². The predicted molar refractivity (Wildman–Crippen MR) is 174 cm³/mol. The third-order valence-electron chi connectivity index (χ3n) is 7.49. The van der Waals surface area contributed by atoms with E-state index < -0.39 is 29.7 Å². The van der Waals surface area contributed by atoms with Gasteiger partial charge in [0.05, 0.1) is 25.4 Å². The number of benzene rings is 1. The highest BCUT2D eigenvalue weighted by molar-refractivity contribution is 7.99. The van der Waals surface area contributed by atoms with Gasteiger partial charge in [0.25, 0.3) is 5.91 Å². The highest BCUT2D eigenvalue weighted by Gasteiger charge is 2.32. The van der Waals surface area contributed by atoms with E-state index in [0.717, 1.165) is 11.3 Å². The second-order valence-electron chi connectivity index (χ2n) is 12.3. The van der Waals surface area contributed by atoms with Crippen LogP contribution in [0.5, 0.6) is 0 Å². The topological polar surface area (TPSA) is 140 Å². The lowest BCUT2D eigenvalue weighted by Crippen LogP contribution is -2.55. The van der Waals surface area contributed by atoms with Crippen molar-refractivity contribution in [2.75, 3.05) is 32.8 Å². The minimum atomic E-state index is -1.01. The van der Waals surface area contributed by atoms with Gasteiger partial charge >= 0.3 is 12.1 Å². The molecule has 2 fully saturated rings. The van der Waals surface area contributed by atoms with Gasteiger partial charge in [0.1, 0.15) is 17.3 Å². The van der Waals surface area contributed by atoms with Gasteiger partial charge in [-0.1, -0.05) is 43.2 Å². The Morgan fingerprint density at radius 3 is 2.37 bits per heavy atom. The first-order valence-corrected chi connectivity index (χ1v) is 17.0. The summed E-state index contributed by atoms with van der Waals surface area (Å²) in [5.41, 5.74) is 0.991. The number of aromatic nitrogens is 2. The number of nitrogens with one attached hydrogen (secondary N) is 1. The van der Waals surface area contributed by atoms with Crippen LogP contribution in [0.4, 0.5) is 4.79 Å². The van der Waals surface area contributed by atoms with Crippen LogP contribution in [0.2, 0.25) is 0 Å². The van der Waals surface area contributed by atoms with Crippen LogP contribution in [-0.4, -0.2) is 93.5 Å². The molecule has 1 atom stereocenters. The average molecular weight is 656 g/mol. The van der Waals surface area contributed by atoms with Crippen molar-refractivity contribution in [2.24, 2.45) is 0 Å². The molecule has 2 heterocycles. The van der Waals surface area contributed by atoms with Crippen molar-refractivity contribution in [3.8, 4) is 11.4 Å². The summed E-state index contributed by atoms with van der Waals surface area (Å²) in [6, 6.07) is 10.1. The third-order valence-corrected chi connectivity index (χ3v) is 8.89. The number of hydrogen-bond acceptors (Lipinski definition) is 11. The molecule has 2 aliphatic rings. The van der Waals surface area contributed by atoms with Gasteiger partial charge in [-0.15, -0.1) is 5.06 Å². The van der Waals surface area contributed by atoms with Crippen molar-refractivity contribution in [3.63, 3.8) is 0 Å². The SMILES string of the molecule is CCOC(=O)ON1CCN(C(=O)[C@H](CCC(=O)OC(C)(C)C)NC(=O)c2cc(CSC3CCCC3)nc(-c3ccccc3)n2)CC1. The van der Waals surface area contributed by atoms with Crippen LogP contribution in [-0.2, 0) is 29.7 Å². The van der Waals surface area contributed by atoms with E-state index >= 15 is 0 Å². The Bertz CT molecular complexity index is 1340. The average Bonchev–Trinajstić information content (AvgIpc) is 3.55. The summed E-state index contributed by atoms with van der Waals surface area (Å²) in [4.78, 5) is 68.0. The molecule has 4 rings (SSSR count). The molecule has 250 valence electrons. The number of nitrogens with zero attached hydrogens (tertiary/aromatic N) is 4. The highest BCUT2D eigenvalue weighted by Crippen LogP contribution is 2.31. The molecular formula is C33H45N5O7S. The summed E-state index contributed by atoms with van der Waals surface area (Å²) in [5.74, 6) is -0.260. The summed E-state index contributed by atoms with van der Waals surface area (Å²) in [6.07, 6.45) is 4.00. The van der Waals surface area contributed by atoms with Crippen molar-refractivity contribution < 1.29 is 33.5 Å².